The van der Waals surface area contributed by atoms with Gasteiger partial charge in [0.1, 0.15) is 0 Å². The Morgan fingerprint density at radius 2 is 2.00 bits per heavy atom. The van der Waals surface area contributed by atoms with Crippen LogP contribution in [-0.2, 0) is 11.8 Å². The molecule has 0 aromatic heterocycles. The van der Waals surface area contributed by atoms with Gasteiger partial charge in [0.2, 0.25) is 0 Å². The van der Waals surface area contributed by atoms with Gasteiger partial charge in [0.05, 0.1) is 0 Å². The van der Waals surface area contributed by atoms with Crippen LogP contribution in [-0.4, -0.2) is 26.2 Å². The molecule has 20 heavy (non-hydrogen) atoms. The molecule has 110 valence electrons. The van der Waals surface area contributed by atoms with Crippen LogP contribution in [0, 0.1) is 0 Å². The van der Waals surface area contributed by atoms with Crippen molar-refractivity contribution in [3.63, 3.8) is 0 Å². The molecule has 1 fully saturated rings. The second kappa shape index (κ2) is 5.77. The molecule has 1 saturated heterocycles. The maximum atomic E-state index is 3.53. The van der Waals surface area contributed by atoms with Crippen molar-refractivity contribution in [2.24, 2.45) is 0 Å². The van der Waals surface area contributed by atoms with Crippen LogP contribution in [0.25, 0.3) is 0 Å². The van der Waals surface area contributed by atoms with Gasteiger partial charge in [0, 0.05) is 24.2 Å². The first-order valence-corrected chi connectivity index (χ1v) is 8.38. The van der Waals surface area contributed by atoms with Crippen molar-refractivity contribution in [1.29, 1.82) is 0 Å². The number of hydrogen-bond donors (Lipinski definition) is 1. The van der Waals surface area contributed by atoms with Gasteiger partial charge < -0.3 is 10.2 Å². The summed E-state index contributed by atoms with van der Waals surface area (Å²) in [6, 6.07) is 7.23. The minimum atomic E-state index is 0.430. The number of nitrogens with one attached hydrogen (secondary N) is 1. The summed E-state index contributed by atoms with van der Waals surface area (Å²) < 4.78 is 0. The van der Waals surface area contributed by atoms with E-state index in [0.717, 1.165) is 6.42 Å². The summed E-state index contributed by atoms with van der Waals surface area (Å²) in [5, 5.41) is 3.53. The summed E-state index contributed by atoms with van der Waals surface area (Å²) in [6.45, 7) is 9.38. The second-order valence-corrected chi connectivity index (χ2v) is 6.51. The number of aryl methyl sites for hydroxylation is 1. The minimum absolute atomic E-state index is 0.430. The highest BCUT2D eigenvalue weighted by Crippen LogP contribution is 2.46. The minimum Gasteiger partial charge on any atom is -0.370 e. The standard InChI is InChI=1S/C18H28N2/c1-3-5-12-20-14-18(8-10-19-11-9-18)16-13-15(4-2)6-7-17(16)20/h6-7,13,19H,3-5,8-12,14H2,1-2H3. The third kappa shape index (κ3) is 2.35. The van der Waals surface area contributed by atoms with E-state index in [1.807, 2.05) is 0 Å². The maximum absolute atomic E-state index is 3.53. The third-order valence-corrected chi connectivity index (χ3v) is 5.22. The van der Waals surface area contributed by atoms with Gasteiger partial charge in [-0.2, -0.15) is 0 Å². The summed E-state index contributed by atoms with van der Waals surface area (Å²) in [5.74, 6) is 0. The van der Waals surface area contributed by atoms with E-state index >= 15 is 0 Å². The molecular weight excluding hydrogens is 244 g/mol. The van der Waals surface area contributed by atoms with Crippen molar-refractivity contribution in [2.45, 2.75) is 51.4 Å². The Morgan fingerprint density at radius 3 is 2.70 bits per heavy atom. The fraction of sp³-hybridized carbons (Fsp3) is 0.667. The molecule has 2 heterocycles. The smallest absolute Gasteiger partial charge is 0.0405 e. The number of piperidine rings is 1. The van der Waals surface area contributed by atoms with Crippen LogP contribution >= 0.6 is 0 Å². The fourth-order valence-corrected chi connectivity index (χ4v) is 3.92. The first kappa shape index (κ1) is 13.9. The van der Waals surface area contributed by atoms with E-state index < -0.39 is 0 Å². The Hall–Kier alpha value is -1.02. The molecule has 2 heteroatoms. The van der Waals surface area contributed by atoms with Gasteiger partial charge in [0.25, 0.3) is 0 Å². The van der Waals surface area contributed by atoms with Gasteiger partial charge in [-0.15, -0.1) is 0 Å². The molecule has 1 N–H and O–H groups in total. The van der Waals surface area contributed by atoms with Crippen LogP contribution < -0.4 is 10.2 Å². The molecule has 2 nitrogen and oxygen atoms in total. The molecule has 0 atom stereocenters. The monoisotopic (exact) mass is 272 g/mol. The van der Waals surface area contributed by atoms with Gasteiger partial charge in [-0.3, -0.25) is 0 Å². The van der Waals surface area contributed by atoms with Gasteiger partial charge in [-0.05, 0) is 56.0 Å². The molecule has 2 aliphatic heterocycles. The number of nitrogens with zero attached hydrogens (tertiary/aromatic N) is 1. The summed E-state index contributed by atoms with van der Waals surface area (Å²) in [4.78, 5) is 2.66. The van der Waals surface area contributed by atoms with E-state index in [1.54, 1.807) is 5.56 Å². The van der Waals surface area contributed by atoms with E-state index in [-0.39, 0.29) is 0 Å². The van der Waals surface area contributed by atoms with E-state index in [4.69, 9.17) is 0 Å². The number of hydrogen-bond acceptors (Lipinski definition) is 2. The van der Waals surface area contributed by atoms with Crippen molar-refractivity contribution in [3.8, 4) is 0 Å². The van der Waals surface area contributed by atoms with Gasteiger partial charge in [0.15, 0.2) is 0 Å². The van der Waals surface area contributed by atoms with Crippen molar-refractivity contribution in [2.75, 3.05) is 31.1 Å². The fourth-order valence-electron chi connectivity index (χ4n) is 3.92. The number of anilines is 1. The zero-order chi connectivity index (χ0) is 14.0. The average Bonchev–Trinajstić information content (AvgIpc) is 2.79. The lowest BCUT2D eigenvalue weighted by Crippen LogP contribution is -2.43. The molecule has 0 unspecified atom stereocenters. The number of fused-ring (bicyclic) bond motifs is 2. The first-order chi connectivity index (χ1) is 9.79. The van der Waals surface area contributed by atoms with E-state index in [9.17, 15) is 0 Å². The van der Waals surface area contributed by atoms with E-state index in [1.165, 1.54) is 63.1 Å². The van der Waals surface area contributed by atoms with Crippen LogP contribution in [0.5, 0.6) is 0 Å². The summed E-state index contributed by atoms with van der Waals surface area (Å²) in [7, 11) is 0. The lowest BCUT2D eigenvalue weighted by molar-refractivity contribution is 0.325. The second-order valence-electron chi connectivity index (χ2n) is 6.51. The Balaban J connectivity index is 1.95. The van der Waals surface area contributed by atoms with Gasteiger partial charge in [-0.25, -0.2) is 0 Å². The topological polar surface area (TPSA) is 15.3 Å². The summed E-state index contributed by atoms with van der Waals surface area (Å²) >= 11 is 0. The quantitative estimate of drug-likeness (QED) is 0.902. The van der Waals surface area contributed by atoms with Gasteiger partial charge in [-0.1, -0.05) is 32.4 Å². The predicted octanol–water partition coefficient (Wildman–Crippen LogP) is 3.49. The molecule has 0 radical (unpaired) electrons. The first-order valence-electron chi connectivity index (χ1n) is 8.38. The molecule has 1 spiro atoms. The lowest BCUT2D eigenvalue weighted by Gasteiger charge is -2.35. The number of rotatable bonds is 4. The largest absolute Gasteiger partial charge is 0.370 e. The molecule has 0 saturated carbocycles. The third-order valence-electron chi connectivity index (χ3n) is 5.22. The van der Waals surface area contributed by atoms with E-state index in [2.05, 4.69) is 42.3 Å². The molecule has 2 aliphatic rings. The van der Waals surface area contributed by atoms with E-state index in [0.29, 0.717) is 5.41 Å². The lowest BCUT2D eigenvalue weighted by atomic mass is 9.74. The van der Waals surface area contributed by atoms with Crippen LogP contribution in [0.2, 0.25) is 0 Å². The number of unbranched alkanes of at least 4 members (excludes halogenated alkanes) is 1. The van der Waals surface area contributed by atoms with Crippen LogP contribution in [0.3, 0.4) is 0 Å². The Morgan fingerprint density at radius 1 is 1.20 bits per heavy atom. The summed E-state index contributed by atoms with van der Waals surface area (Å²) in [6.07, 6.45) is 6.35. The molecule has 0 aliphatic carbocycles. The predicted molar refractivity (Wildman–Crippen MR) is 86.7 cm³/mol. The molecule has 1 aromatic rings. The van der Waals surface area contributed by atoms with Crippen molar-refractivity contribution in [1.82, 2.24) is 5.32 Å². The summed E-state index contributed by atoms with van der Waals surface area (Å²) in [5.41, 5.74) is 5.10. The van der Waals surface area contributed by atoms with Gasteiger partial charge >= 0.3 is 0 Å². The zero-order valence-electron chi connectivity index (χ0n) is 13.0. The molecule has 3 rings (SSSR count). The van der Waals surface area contributed by atoms with Crippen LogP contribution in [0.1, 0.15) is 50.7 Å². The van der Waals surface area contributed by atoms with Crippen LogP contribution in [0.15, 0.2) is 18.2 Å². The van der Waals surface area contributed by atoms with Crippen molar-refractivity contribution >= 4 is 5.69 Å². The van der Waals surface area contributed by atoms with Crippen molar-refractivity contribution in [3.05, 3.63) is 29.3 Å². The average molecular weight is 272 g/mol. The molecule has 1 aromatic carbocycles. The highest BCUT2D eigenvalue weighted by atomic mass is 15.2. The Bertz CT molecular complexity index is 460. The molecular formula is C18H28N2. The Labute approximate surface area is 123 Å². The molecule has 0 amide bonds. The Kier molecular flexibility index (Phi) is 4.02. The highest BCUT2D eigenvalue weighted by molar-refractivity contribution is 5.64. The number of benzene rings is 1. The highest BCUT2D eigenvalue weighted by Gasteiger charge is 2.42. The SMILES string of the molecule is CCCCN1CC2(CCNCC2)c2cc(CC)ccc21. The maximum Gasteiger partial charge on any atom is 0.0405 e. The van der Waals surface area contributed by atoms with Crippen LogP contribution in [0.4, 0.5) is 5.69 Å². The zero-order valence-corrected chi connectivity index (χ0v) is 13.0. The van der Waals surface area contributed by atoms with Crippen molar-refractivity contribution < 1.29 is 0 Å². The normalized spacial score (nSPS) is 20.4. The molecule has 0 bridgehead atoms.